The van der Waals surface area contributed by atoms with E-state index >= 15 is 0 Å². The van der Waals surface area contributed by atoms with Gasteiger partial charge in [0.1, 0.15) is 11.6 Å². The fourth-order valence-corrected chi connectivity index (χ4v) is 0.919. The van der Waals surface area contributed by atoms with Crippen LogP contribution in [0.25, 0.3) is 0 Å². The number of pyridine rings is 1. The Morgan fingerprint density at radius 1 is 1.69 bits per heavy atom. The van der Waals surface area contributed by atoms with Gasteiger partial charge in [-0.05, 0) is 6.07 Å². The van der Waals surface area contributed by atoms with Gasteiger partial charge in [-0.15, -0.1) is 0 Å². The summed E-state index contributed by atoms with van der Waals surface area (Å²) in [5, 5.41) is 8.50. The summed E-state index contributed by atoms with van der Waals surface area (Å²) >= 11 is 4.78. The third kappa shape index (κ3) is 2.96. The summed E-state index contributed by atoms with van der Waals surface area (Å²) in [6.45, 7) is 0.173. The first kappa shape index (κ1) is 9.88. The Kier molecular flexibility index (Phi) is 3.60. The summed E-state index contributed by atoms with van der Waals surface area (Å²) in [5.41, 5.74) is 6.12. The van der Waals surface area contributed by atoms with E-state index in [1.807, 2.05) is 0 Å². The van der Waals surface area contributed by atoms with Gasteiger partial charge in [-0.3, -0.25) is 0 Å². The number of hydrogen-bond acceptors (Lipinski definition) is 4. The van der Waals surface area contributed by atoms with Crippen molar-refractivity contribution in [3.8, 4) is 5.88 Å². The van der Waals surface area contributed by atoms with Gasteiger partial charge in [0.25, 0.3) is 0 Å². The van der Waals surface area contributed by atoms with Crippen LogP contribution < -0.4 is 10.5 Å². The van der Waals surface area contributed by atoms with Crippen molar-refractivity contribution in [2.24, 2.45) is 5.73 Å². The minimum absolute atomic E-state index is 0.0427. The topological polar surface area (TPSA) is 68.4 Å². The summed E-state index contributed by atoms with van der Waals surface area (Å²) in [7, 11) is 0. The van der Waals surface area contributed by atoms with Crippen molar-refractivity contribution in [3.05, 3.63) is 23.9 Å². The zero-order chi connectivity index (χ0) is 9.68. The highest BCUT2D eigenvalue weighted by Crippen LogP contribution is 2.08. The van der Waals surface area contributed by atoms with Gasteiger partial charge in [-0.1, -0.05) is 12.2 Å². The van der Waals surface area contributed by atoms with Gasteiger partial charge < -0.3 is 15.6 Å². The first-order chi connectivity index (χ1) is 6.24. The van der Waals surface area contributed by atoms with Crippen LogP contribution in [0.1, 0.15) is 5.56 Å². The molecule has 0 aliphatic carbocycles. The van der Waals surface area contributed by atoms with Gasteiger partial charge in [0.15, 0.2) is 0 Å². The molecule has 0 bridgehead atoms. The SMILES string of the molecule is NC(=S)c1ccnc(OCCO)c1. The van der Waals surface area contributed by atoms with Gasteiger partial charge >= 0.3 is 0 Å². The van der Waals surface area contributed by atoms with Crippen LogP contribution in [0.3, 0.4) is 0 Å². The molecule has 70 valence electrons. The summed E-state index contributed by atoms with van der Waals surface area (Å²) in [5.74, 6) is 0.416. The molecule has 0 amide bonds. The lowest BCUT2D eigenvalue weighted by Crippen LogP contribution is -2.10. The van der Waals surface area contributed by atoms with Gasteiger partial charge in [-0.2, -0.15) is 0 Å². The number of aromatic nitrogens is 1. The number of ether oxygens (including phenoxy) is 1. The van der Waals surface area contributed by atoms with Crippen molar-refractivity contribution in [3.63, 3.8) is 0 Å². The summed E-state index contributed by atoms with van der Waals surface area (Å²) in [4.78, 5) is 4.21. The van der Waals surface area contributed by atoms with Crippen LogP contribution in [-0.2, 0) is 0 Å². The van der Waals surface area contributed by atoms with Crippen molar-refractivity contribution in [1.29, 1.82) is 0 Å². The summed E-state index contributed by atoms with van der Waals surface area (Å²) in [6, 6.07) is 3.34. The average Bonchev–Trinajstić information content (AvgIpc) is 2.15. The molecule has 1 rings (SSSR count). The molecule has 0 radical (unpaired) electrons. The van der Waals surface area contributed by atoms with E-state index in [1.54, 1.807) is 18.3 Å². The van der Waals surface area contributed by atoms with E-state index in [4.69, 9.17) is 27.8 Å². The molecular weight excluding hydrogens is 188 g/mol. The Balaban J connectivity index is 2.73. The van der Waals surface area contributed by atoms with E-state index in [1.165, 1.54) is 0 Å². The number of nitrogens with zero attached hydrogens (tertiary/aromatic N) is 1. The van der Waals surface area contributed by atoms with E-state index < -0.39 is 0 Å². The maximum absolute atomic E-state index is 8.50. The zero-order valence-corrected chi connectivity index (χ0v) is 7.75. The number of hydrogen-bond donors (Lipinski definition) is 2. The molecule has 0 saturated heterocycles. The Hall–Kier alpha value is -1.20. The molecule has 5 heteroatoms. The van der Waals surface area contributed by atoms with E-state index in [0.717, 1.165) is 0 Å². The minimum atomic E-state index is -0.0427. The highest BCUT2D eigenvalue weighted by atomic mass is 32.1. The maximum atomic E-state index is 8.50. The standard InChI is InChI=1S/C8H10N2O2S/c9-8(13)6-1-2-10-7(5-6)12-4-3-11/h1-2,5,11H,3-4H2,(H2,9,13). The van der Waals surface area contributed by atoms with Crippen molar-refractivity contribution >= 4 is 17.2 Å². The molecule has 1 aromatic rings. The van der Waals surface area contributed by atoms with Crippen LogP contribution >= 0.6 is 12.2 Å². The fourth-order valence-electron chi connectivity index (χ4n) is 0.792. The Morgan fingerprint density at radius 3 is 3.08 bits per heavy atom. The van der Waals surface area contributed by atoms with Crippen LogP contribution in [0.2, 0.25) is 0 Å². The number of thiocarbonyl (C=S) groups is 1. The lowest BCUT2D eigenvalue weighted by Gasteiger charge is -2.03. The van der Waals surface area contributed by atoms with E-state index in [2.05, 4.69) is 4.98 Å². The molecule has 0 atom stereocenters. The predicted molar refractivity (Wildman–Crippen MR) is 52.7 cm³/mol. The Bertz CT molecular complexity index is 304. The molecule has 1 heterocycles. The molecule has 13 heavy (non-hydrogen) atoms. The van der Waals surface area contributed by atoms with Crippen LogP contribution in [0.15, 0.2) is 18.3 Å². The van der Waals surface area contributed by atoms with Crippen molar-refractivity contribution in [2.45, 2.75) is 0 Å². The second-order valence-electron chi connectivity index (χ2n) is 2.32. The smallest absolute Gasteiger partial charge is 0.213 e. The monoisotopic (exact) mass is 198 g/mol. The van der Waals surface area contributed by atoms with Gasteiger partial charge in [0.2, 0.25) is 5.88 Å². The fraction of sp³-hybridized carbons (Fsp3) is 0.250. The highest BCUT2D eigenvalue weighted by molar-refractivity contribution is 7.80. The molecule has 0 unspecified atom stereocenters. The van der Waals surface area contributed by atoms with Crippen LogP contribution in [0, 0.1) is 0 Å². The van der Waals surface area contributed by atoms with Crippen LogP contribution in [-0.4, -0.2) is 28.3 Å². The first-order valence-electron chi connectivity index (χ1n) is 3.73. The van der Waals surface area contributed by atoms with Crippen LogP contribution in [0.5, 0.6) is 5.88 Å². The molecule has 0 aliphatic heterocycles. The quantitative estimate of drug-likeness (QED) is 0.671. The molecule has 0 aliphatic rings. The number of nitrogens with two attached hydrogens (primary N) is 1. The summed E-state index contributed by atoms with van der Waals surface area (Å²) in [6.07, 6.45) is 1.56. The minimum Gasteiger partial charge on any atom is -0.475 e. The first-order valence-corrected chi connectivity index (χ1v) is 4.14. The van der Waals surface area contributed by atoms with Gasteiger partial charge in [-0.25, -0.2) is 4.98 Å². The molecule has 0 spiro atoms. The third-order valence-electron chi connectivity index (χ3n) is 1.36. The average molecular weight is 198 g/mol. The number of aliphatic hydroxyl groups excluding tert-OH is 1. The van der Waals surface area contributed by atoms with Gasteiger partial charge in [0, 0.05) is 17.8 Å². The summed E-state index contributed by atoms with van der Waals surface area (Å²) < 4.78 is 5.07. The number of rotatable bonds is 4. The molecule has 3 N–H and O–H groups in total. The van der Waals surface area contributed by atoms with Crippen molar-refractivity contribution < 1.29 is 9.84 Å². The molecule has 0 saturated carbocycles. The van der Waals surface area contributed by atoms with E-state index in [9.17, 15) is 0 Å². The molecule has 0 aromatic carbocycles. The second kappa shape index (κ2) is 4.74. The number of aliphatic hydroxyl groups is 1. The molecule has 1 aromatic heterocycles. The van der Waals surface area contributed by atoms with Crippen molar-refractivity contribution in [1.82, 2.24) is 4.98 Å². The van der Waals surface area contributed by atoms with Crippen LogP contribution in [0.4, 0.5) is 0 Å². The predicted octanol–water partition coefficient (Wildman–Crippen LogP) is 0.0869. The highest BCUT2D eigenvalue weighted by Gasteiger charge is 1.99. The largest absolute Gasteiger partial charge is 0.475 e. The van der Waals surface area contributed by atoms with Crippen molar-refractivity contribution in [2.75, 3.05) is 13.2 Å². The second-order valence-corrected chi connectivity index (χ2v) is 2.76. The third-order valence-corrected chi connectivity index (χ3v) is 1.60. The normalized spacial score (nSPS) is 9.62. The van der Waals surface area contributed by atoms with E-state index in [0.29, 0.717) is 16.4 Å². The Labute approximate surface area is 81.4 Å². The zero-order valence-electron chi connectivity index (χ0n) is 6.93. The molecule has 4 nitrogen and oxygen atoms in total. The molecular formula is C8H10N2O2S. The molecule has 0 fully saturated rings. The lowest BCUT2D eigenvalue weighted by atomic mass is 10.3. The lowest BCUT2D eigenvalue weighted by molar-refractivity contribution is 0.196. The van der Waals surface area contributed by atoms with E-state index in [-0.39, 0.29) is 13.2 Å². The van der Waals surface area contributed by atoms with Gasteiger partial charge in [0.05, 0.1) is 6.61 Å². The Morgan fingerprint density at radius 2 is 2.46 bits per heavy atom. The maximum Gasteiger partial charge on any atom is 0.213 e.